The smallest absolute Gasteiger partial charge is 0.432 e. The SMILES string of the molecule is COc1ccc(N2CCOCC2)c2sc(NC(=O)ON3CCC4(CCNC4=O)CC3)nc12. The molecule has 0 bridgehead atoms. The molecule has 2 aromatic rings. The van der Waals surface area contributed by atoms with Crippen LogP contribution in [0.2, 0.25) is 0 Å². The van der Waals surface area contributed by atoms with Gasteiger partial charge in [0.15, 0.2) is 5.13 Å². The number of fused-ring (bicyclic) bond motifs is 1. The van der Waals surface area contributed by atoms with Crippen molar-refractivity contribution in [3.05, 3.63) is 12.1 Å². The Morgan fingerprint density at radius 2 is 2.00 bits per heavy atom. The van der Waals surface area contributed by atoms with E-state index in [1.54, 1.807) is 12.2 Å². The molecule has 11 heteroatoms. The van der Waals surface area contributed by atoms with Gasteiger partial charge < -0.3 is 24.5 Å². The zero-order valence-corrected chi connectivity index (χ0v) is 18.8. The van der Waals surface area contributed by atoms with E-state index in [9.17, 15) is 9.59 Å². The fourth-order valence-corrected chi connectivity index (χ4v) is 5.68. The number of piperidine rings is 1. The Balaban J connectivity index is 1.27. The number of hydroxylamine groups is 2. The second kappa shape index (κ2) is 8.72. The van der Waals surface area contributed by atoms with Gasteiger partial charge in [-0.3, -0.25) is 10.1 Å². The lowest BCUT2D eigenvalue weighted by molar-refractivity contribution is -0.144. The van der Waals surface area contributed by atoms with Gasteiger partial charge >= 0.3 is 6.09 Å². The molecular weight excluding hydrogens is 434 g/mol. The van der Waals surface area contributed by atoms with E-state index < -0.39 is 6.09 Å². The molecule has 1 aromatic carbocycles. The van der Waals surface area contributed by atoms with Crippen LogP contribution in [0.3, 0.4) is 0 Å². The van der Waals surface area contributed by atoms with Crippen molar-refractivity contribution >= 4 is 44.4 Å². The molecule has 0 saturated carbocycles. The van der Waals surface area contributed by atoms with Crippen molar-refractivity contribution in [3.63, 3.8) is 0 Å². The van der Waals surface area contributed by atoms with Gasteiger partial charge in [0.1, 0.15) is 11.3 Å². The lowest BCUT2D eigenvalue weighted by Crippen LogP contribution is -2.44. The molecule has 2 amide bonds. The molecule has 3 aliphatic heterocycles. The van der Waals surface area contributed by atoms with Crippen LogP contribution in [-0.2, 0) is 14.4 Å². The number of thiazole rings is 1. The second-order valence-corrected chi connectivity index (χ2v) is 9.30. The molecule has 172 valence electrons. The van der Waals surface area contributed by atoms with Crippen molar-refractivity contribution in [1.29, 1.82) is 0 Å². The maximum atomic E-state index is 12.5. The number of hydrogen-bond acceptors (Lipinski definition) is 9. The minimum atomic E-state index is -0.581. The van der Waals surface area contributed by atoms with Crippen LogP contribution in [0, 0.1) is 5.41 Å². The standard InChI is InChI=1S/C21H27N5O5S/c1-29-15-3-2-14(25-10-12-30-13-11-25)17-16(15)23-19(32-17)24-20(28)31-26-8-5-21(6-9-26)4-7-22-18(21)27/h2-3H,4-13H2,1H3,(H,22,27)(H,23,24,28). The lowest BCUT2D eigenvalue weighted by Gasteiger charge is -2.35. The van der Waals surface area contributed by atoms with Crippen LogP contribution in [0.5, 0.6) is 5.75 Å². The predicted octanol–water partition coefficient (Wildman–Crippen LogP) is 2.21. The van der Waals surface area contributed by atoms with Crippen LogP contribution < -0.4 is 20.3 Å². The van der Waals surface area contributed by atoms with Gasteiger partial charge in [0.25, 0.3) is 0 Å². The number of anilines is 2. The van der Waals surface area contributed by atoms with Crippen LogP contribution in [0.1, 0.15) is 19.3 Å². The molecule has 1 aromatic heterocycles. The van der Waals surface area contributed by atoms with Crippen molar-refractivity contribution in [2.75, 3.05) is 63.3 Å². The predicted molar refractivity (Wildman–Crippen MR) is 120 cm³/mol. The highest BCUT2D eigenvalue weighted by Crippen LogP contribution is 2.40. The molecular formula is C21H27N5O5S. The third-order valence-electron chi connectivity index (χ3n) is 6.53. The highest BCUT2D eigenvalue weighted by molar-refractivity contribution is 7.23. The molecule has 5 rings (SSSR count). The van der Waals surface area contributed by atoms with Gasteiger partial charge in [-0.15, -0.1) is 5.06 Å². The number of hydrogen-bond donors (Lipinski definition) is 2. The van der Waals surface area contributed by atoms with Crippen LogP contribution in [0.15, 0.2) is 12.1 Å². The number of nitrogens with zero attached hydrogens (tertiary/aromatic N) is 3. The summed E-state index contributed by atoms with van der Waals surface area (Å²) < 4.78 is 11.9. The maximum absolute atomic E-state index is 12.5. The Hall–Kier alpha value is -2.63. The molecule has 1 spiro atoms. The lowest BCUT2D eigenvalue weighted by atomic mass is 9.77. The summed E-state index contributed by atoms with van der Waals surface area (Å²) in [6, 6.07) is 3.92. The monoisotopic (exact) mass is 461 g/mol. The Kier molecular flexibility index (Phi) is 5.78. The third-order valence-corrected chi connectivity index (χ3v) is 7.52. The van der Waals surface area contributed by atoms with E-state index in [4.69, 9.17) is 14.3 Å². The topological polar surface area (TPSA) is 105 Å². The first-order valence-corrected chi connectivity index (χ1v) is 11.7. The van der Waals surface area contributed by atoms with Crippen molar-refractivity contribution in [2.45, 2.75) is 19.3 Å². The molecule has 0 atom stereocenters. The van der Waals surface area contributed by atoms with E-state index >= 15 is 0 Å². The number of morpholine rings is 1. The quantitative estimate of drug-likeness (QED) is 0.714. The zero-order valence-electron chi connectivity index (χ0n) is 18.0. The second-order valence-electron chi connectivity index (χ2n) is 8.30. The van der Waals surface area contributed by atoms with Gasteiger partial charge in [0, 0.05) is 32.7 Å². The van der Waals surface area contributed by atoms with Crippen LogP contribution >= 0.6 is 11.3 Å². The summed E-state index contributed by atoms with van der Waals surface area (Å²) in [6.45, 7) is 4.78. The molecule has 0 unspecified atom stereocenters. The molecule has 3 aliphatic rings. The number of rotatable bonds is 4. The summed E-state index contributed by atoms with van der Waals surface area (Å²) in [7, 11) is 1.61. The van der Waals surface area contributed by atoms with Gasteiger partial charge in [0.2, 0.25) is 5.91 Å². The molecule has 4 heterocycles. The highest BCUT2D eigenvalue weighted by Gasteiger charge is 2.45. The Morgan fingerprint density at radius 1 is 1.22 bits per heavy atom. The summed E-state index contributed by atoms with van der Waals surface area (Å²) >= 11 is 1.40. The number of benzene rings is 1. The number of nitrogens with one attached hydrogen (secondary N) is 2. The van der Waals surface area contributed by atoms with E-state index in [1.165, 1.54) is 11.3 Å². The molecule has 3 saturated heterocycles. The minimum absolute atomic E-state index is 0.126. The van der Waals surface area contributed by atoms with E-state index in [0.717, 1.165) is 36.4 Å². The fraction of sp³-hybridized carbons (Fsp3) is 0.571. The highest BCUT2D eigenvalue weighted by atomic mass is 32.1. The van der Waals surface area contributed by atoms with Crippen LogP contribution in [0.25, 0.3) is 10.2 Å². The number of carbonyl (C=O) groups is 2. The van der Waals surface area contributed by atoms with Crippen molar-refractivity contribution in [2.24, 2.45) is 5.41 Å². The van der Waals surface area contributed by atoms with Gasteiger partial charge in [0.05, 0.1) is 36.1 Å². The van der Waals surface area contributed by atoms with Gasteiger partial charge in [-0.25, -0.2) is 9.78 Å². The normalized spacial score (nSPS) is 21.0. The van der Waals surface area contributed by atoms with Crippen molar-refractivity contribution in [1.82, 2.24) is 15.4 Å². The number of methoxy groups -OCH3 is 1. The van der Waals surface area contributed by atoms with Gasteiger partial charge in [-0.2, -0.15) is 0 Å². The summed E-state index contributed by atoms with van der Waals surface area (Å²) in [5.74, 6) is 0.784. The van der Waals surface area contributed by atoms with E-state index in [1.807, 2.05) is 12.1 Å². The minimum Gasteiger partial charge on any atom is -0.494 e. The molecule has 10 nitrogen and oxygen atoms in total. The van der Waals surface area contributed by atoms with Crippen molar-refractivity contribution < 1.29 is 23.9 Å². The largest absolute Gasteiger partial charge is 0.494 e. The maximum Gasteiger partial charge on any atom is 0.432 e. The van der Waals surface area contributed by atoms with Gasteiger partial charge in [-0.05, 0) is 31.4 Å². The average molecular weight is 462 g/mol. The molecule has 0 aliphatic carbocycles. The fourth-order valence-electron chi connectivity index (χ4n) is 4.67. The van der Waals surface area contributed by atoms with Gasteiger partial charge in [-0.1, -0.05) is 11.3 Å². The van der Waals surface area contributed by atoms with Crippen LogP contribution in [-0.4, -0.2) is 75.1 Å². The van der Waals surface area contributed by atoms with E-state index in [2.05, 4.69) is 20.5 Å². The van der Waals surface area contributed by atoms with E-state index in [-0.39, 0.29) is 11.3 Å². The molecule has 0 radical (unpaired) electrons. The number of amides is 2. The Morgan fingerprint density at radius 3 is 2.69 bits per heavy atom. The summed E-state index contributed by atoms with van der Waals surface area (Å²) in [4.78, 5) is 37.0. The number of aromatic nitrogens is 1. The average Bonchev–Trinajstić information content (AvgIpc) is 3.38. The molecule has 32 heavy (non-hydrogen) atoms. The van der Waals surface area contributed by atoms with Crippen molar-refractivity contribution in [3.8, 4) is 5.75 Å². The summed E-state index contributed by atoms with van der Waals surface area (Å²) in [6.07, 6.45) is 1.65. The molecule has 2 N–H and O–H groups in total. The summed E-state index contributed by atoms with van der Waals surface area (Å²) in [5.41, 5.74) is 1.47. The first-order chi connectivity index (χ1) is 15.6. The Bertz CT molecular complexity index is 1010. The van der Waals surface area contributed by atoms with E-state index in [0.29, 0.717) is 55.5 Å². The zero-order chi connectivity index (χ0) is 22.1. The first kappa shape index (κ1) is 21.2. The number of ether oxygens (including phenoxy) is 2. The summed E-state index contributed by atoms with van der Waals surface area (Å²) in [5, 5.41) is 7.75. The van der Waals surface area contributed by atoms with Crippen LogP contribution in [0.4, 0.5) is 15.6 Å². The first-order valence-electron chi connectivity index (χ1n) is 10.9. The Labute approximate surface area is 189 Å². The third kappa shape index (κ3) is 3.96. The number of carbonyl (C=O) groups excluding carboxylic acids is 2. The molecule has 3 fully saturated rings.